The standard InChI is InChI=1S/C12H18Cl2N2S/c1-8(9-6-10(13)17-11(9)14)16-5-4-15-7-12(16,2)3/h6,8,15H,4-5,7H2,1-3H3. The molecular weight excluding hydrogens is 275 g/mol. The predicted molar refractivity (Wildman–Crippen MR) is 76.4 cm³/mol. The Morgan fingerprint density at radius 3 is 2.71 bits per heavy atom. The Kier molecular flexibility index (Phi) is 4.06. The minimum absolute atomic E-state index is 0.148. The van der Waals surface area contributed by atoms with Gasteiger partial charge in [-0.05, 0) is 26.8 Å². The van der Waals surface area contributed by atoms with Gasteiger partial charge in [-0.3, -0.25) is 4.90 Å². The van der Waals surface area contributed by atoms with E-state index < -0.39 is 0 Å². The highest BCUT2D eigenvalue weighted by molar-refractivity contribution is 7.20. The second kappa shape index (κ2) is 5.06. The molecule has 1 fully saturated rings. The smallest absolute Gasteiger partial charge is 0.0991 e. The van der Waals surface area contributed by atoms with Gasteiger partial charge in [-0.2, -0.15) is 0 Å². The van der Waals surface area contributed by atoms with Crippen LogP contribution in [0.5, 0.6) is 0 Å². The van der Waals surface area contributed by atoms with Gasteiger partial charge < -0.3 is 5.32 Å². The summed E-state index contributed by atoms with van der Waals surface area (Å²) in [6, 6.07) is 2.31. The fourth-order valence-electron chi connectivity index (χ4n) is 2.52. The Hall–Kier alpha value is 0.200. The van der Waals surface area contributed by atoms with Crippen LogP contribution in [0.15, 0.2) is 6.07 Å². The average Bonchev–Trinajstić information content (AvgIpc) is 2.56. The maximum atomic E-state index is 6.24. The van der Waals surface area contributed by atoms with Crippen LogP contribution in [0.3, 0.4) is 0 Å². The van der Waals surface area contributed by atoms with Crippen LogP contribution in [0.2, 0.25) is 8.67 Å². The third-order valence-corrected chi connectivity index (χ3v) is 4.98. The first kappa shape index (κ1) is 13.6. The molecule has 5 heteroatoms. The van der Waals surface area contributed by atoms with Gasteiger partial charge in [0.2, 0.25) is 0 Å². The lowest BCUT2D eigenvalue weighted by Gasteiger charge is -2.46. The van der Waals surface area contributed by atoms with Crippen LogP contribution in [0.1, 0.15) is 32.4 Å². The number of nitrogens with zero attached hydrogens (tertiary/aromatic N) is 1. The van der Waals surface area contributed by atoms with Gasteiger partial charge in [0.25, 0.3) is 0 Å². The number of halogens is 2. The van der Waals surface area contributed by atoms with Gasteiger partial charge in [0.1, 0.15) is 0 Å². The largest absolute Gasteiger partial charge is 0.314 e. The van der Waals surface area contributed by atoms with E-state index in [0.717, 1.165) is 33.9 Å². The summed E-state index contributed by atoms with van der Waals surface area (Å²) in [7, 11) is 0. The molecule has 96 valence electrons. The molecule has 0 amide bonds. The van der Waals surface area contributed by atoms with E-state index in [4.69, 9.17) is 23.2 Å². The lowest BCUT2D eigenvalue weighted by molar-refractivity contribution is 0.0519. The predicted octanol–water partition coefficient (Wildman–Crippen LogP) is 3.80. The lowest BCUT2D eigenvalue weighted by atomic mass is 9.96. The number of nitrogens with one attached hydrogen (secondary N) is 1. The Labute approximate surface area is 117 Å². The molecular formula is C12H18Cl2N2S. The lowest BCUT2D eigenvalue weighted by Crippen LogP contribution is -2.58. The second-order valence-corrected chi connectivity index (χ2v) is 7.42. The normalized spacial score (nSPS) is 22.6. The summed E-state index contributed by atoms with van der Waals surface area (Å²) in [4.78, 5) is 2.49. The molecule has 2 rings (SSSR count). The SMILES string of the molecule is CC(c1cc(Cl)sc1Cl)N1CCNCC1(C)C. The van der Waals surface area contributed by atoms with Crippen molar-refractivity contribution < 1.29 is 0 Å². The quantitative estimate of drug-likeness (QED) is 0.892. The van der Waals surface area contributed by atoms with Gasteiger partial charge in [-0.25, -0.2) is 0 Å². The van der Waals surface area contributed by atoms with E-state index >= 15 is 0 Å². The molecule has 0 saturated carbocycles. The molecule has 0 aromatic carbocycles. The molecule has 1 atom stereocenters. The number of hydrogen-bond acceptors (Lipinski definition) is 3. The third-order valence-electron chi connectivity index (χ3n) is 3.47. The highest BCUT2D eigenvalue weighted by Crippen LogP contribution is 2.39. The molecule has 1 aliphatic heterocycles. The van der Waals surface area contributed by atoms with Gasteiger partial charge >= 0.3 is 0 Å². The zero-order valence-electron chi connectivity index (χ0n) is 10.4. The summed E-state index contributed by atoms with van der Waals surface area (Å²) >= 11 is 13.7. The van der Waals surface area contributed by atoms with Crippen LogP contribution < -0.4 is 5.32 Å². The molecule has 0 spiro atoms. The maximum Gasteiger partial charge on any atom is 0.0991 e. The molecule has 1 aromatic heterocycles. The van der Waals surface area contributed by atoms with E-state index in [1.54, 1.807) is 0 Å². The fraction of sp³-hybridized carbons (Fsp3) is 0.667. The van der Waals surface area contributed by atoms with Crippen LogP contribution >= 0.6 is 34.5 Å². The zero-order chi connectivity index (χ0) is 12.6. The van der Waals surface area contributed by atoms with Crippen molar-refractivity contribution in [2.45, 2.75) is 32.4 Å². The van der Waals surface area contributed by atoms with Crippen LogP contribution in [-0.2, 0) is 0 Å². The van der Waals surface area contributed by atoms with E-state index in [1.165, 1.54) is 11.3 Å². The minimum atomic E-state index is 0.148. The highest BCUT2D eigenvalue weighted by Gasteiger charge is 2.34. The van der Waals surface area contributed by atoms with E-state index in [2.05, 4.69) is 31.0 Å². The first-order chi connectivity index (χ1) is 7.92. The summed E-state index contributed by atoms with van der Waals surface area (Å²) in [5.74, 6) is 0. The van der Waals surface area contributed by atoms with Crippen molar-refractivity contribution in [3.63, 3.8) is 0 Å². The average molecular weight is 293 g/mol. The van der Waals surface area contributed by atoms with Crippen molar-refractivity contribution in [3.8, 4) is 0 Å². The molecule has 2 heterocycles. The number of rotatable bonds is 2. The number of hydrogen-bond donors (Lipinski definition) is 1. The molecule has 1 unspecified atom stereocenters. The van der Waals surface area contributed by atoms with Gasteiger partial charge in [0.05, 0.1) is 8.67 Å². The van der Waals surface area contributed by atoms with E-state index in [9.17, 15) is 0 Å². The van der Waals surface area contributed by atoms with Gasteiger partial charge in [0, 0.05) is 36.8 Å². The Morgan fingerprint density at radius 1 is 1.47 bits per heavy atom. The fourth-order valence-corrected chi connectivity index (χ4v) is 4.16. The van der Waals surface area contributed by atoms with Crippen molar-refractivity contribution in [2.24, 2.45) is 0 Å². The van der Waals surface area contributed by atoms with Crippen LogP contribution in [0.4, 0.5) is 0 Å². The van der Waals surface area contributed by atoms with Crippen molar-refractivity contribution in [2.75, 3.05) is 19.6 Å². The first-order valence-corrected chi connectivity index (χ1v) is 7.41. The monoisotopic (exact) mass is 292 g/mol. The van der Waals surface area contributed by atoms with Crippen molar-refractivity contribution in [3.05, 3.63) is 20.3 Å². The van der Waals surface area contributed by atoms with Crippen molar-refractivity contribution in [1.29, 1.82) is 0 Å². The van der Waals surface area contributed by atoms with E-state index in [1.807, 2.05) is 6.07 Å². The maximum absolute atomic E-state index is 6.24. The van der Waals surface area contributed by atoms with Gasteiger partial charge in [0.15, 0.2) is 0 Å². The molecule has 1 N–H and O–H groups in total. The number of thiophene rings is 1. The summed E-state index contributed by atoms with van der Waals surface area (Å²) in [5, 5.41) is 3.43. The van der Waals surface area contributed by atoms with Crippen molar-refractivity contribution >= 4 is 34.5 Å². The highest BCUT2D eigenvalue weighted by atomic mass is 35.5. The van der Waals surface area contributed by atoms with E-state index in [0.29, 0.717) is 6.04 Å². The van der Waals surface area contributed by atoms with E-state index in [-0.39, 0.29) is 5.54 Å². The molecule has 0 bridgehead atoms. The number of piperazine rings is 1. The minimum Gasteiger partial charge on any atom is -0.314 e. The Bertz CT molecular complexity index is 403. The Morgan fingerprint density at radius 2 is 2.18 bits per heavy atom. The van der Waals surface area contributed by atoms with Crippen molar-refractivity contribution in [1.82, 2.24) is 10.2 Å². The molecule has 1 aromatic rings. The van der Waals surface area contributed by atoms with Gasteiger partial charge in [-0.1, -0.05) is 23.2 Å². The molecule has 1 saturated heterocycles. The molecule has 2 nitrogen and oxygen atoms in total. The molecule has 0 aliphatic carbocycles. The van der Waals surface area contributed by atoms with Crippen LogP contribution in [0, 0.1) is 0 Å². The molecule has 17 heavy (non-hydrogen) atoms. The van der Waals surface area contributed by atoms with Gasteiger partial charge in [-0.15, -0.1) is 11.3 Å². The summed E-state index contributed by atoms with van der Waals surface area (Å²) in [6.07, 6.45) is 0. The summed E-state index contributed by atoms with van der Waals surface area (Å²) in [5.41, 5.74) is 1.30. The van der Waals surface area contributed by atoms with Crippen LogP contribution in [0.25, 0.3) is 0 Å². The summed E-state index contributed by atoms with van der Waals surface area (Å²) < 4.78 is 1.58. The Balaban J connectivity index is 2.24. The third kappa shape index (κ3) is 2.79. The molecule has 1 aliphatic rings. The summed E-state index contributed by atoms with van der Waals surface area (Å²) in [6.45, 7) is 9.81. The second-order valence-electron chi connectivity index (χ2n) is 5.14. The van der Waals surface area contributed by atoms with Crippen LogP contribution in [-0.4, -0.2) is 30.1 Å². The molecule has 0 radical (unpaired) electrons. The first-order valence-electron chi connectivity index (χ1n) is 5.84. The topological polar surface area (TPSA) is 15.3 Å². The zero-order valence-corrected chi connectivity index (χ0v) is 12.7.